The standard InChI is InChI=1S/C24H24N4O5S/c1-32-23-15-18(8-9-22(23)33-13-10-25)14-19(17-26)24(29)27-20-6-5-7-21(16-20)34(30,31)28-11-3-2-4-12-28/h5-9,14-16H,2-4,11-13H2,1H3,(H,27,29)/b19-14+. The molecule has 1 aliphatic rings. The summed E-state index contributed by atoms with van der Waals surface area (Å²) in [6.45, 7) is 0.804. The fourth-order valence-electron chi connectivity index (χ4n) is 3.51. The number of piperidine rings is 1. The summed E-state index contributed by atoms with van der Waals surface area (Å²) < 4.78 is 37.8. The fourth-order valence-corrected chi connectivity index (χ4v) is 5.07. The van der Waals surface area contributed by atoms with Crippen LogP contribution in [0.3, 0.4) is 0 Å². The van der Waals surface area contributed by atoms with Gasteiger partial charge in [0.15, 0.2) is 18.1 Å². The van der Waals surface area contributed by atoms with E-state index in [-0.39, 0.29) is 22.8 Å². The van der Waals surface area contributed by atoms with Crippen LogP contribution in [0, 0.1) is 22.7 Å². The highest BCUT2D eigenvalue weighted by atomic mass is 32.2. The van der Waals surface area contributed by atoms with Crippen LogP contribution in [0.15, 0.2) is 52.9 Å². The van der Waals surface area contributed by atoms with Gasteiger partial charge in [-0.25, -0.2) is 8.42 Å². The van der Waals surface area contributed by atoms with Crippen molar-refractivity contribution in [2.75, 3.05) is 32.1 Å². The number of nitrogens with one attached hydrogen (secondary N) is 1. The SMILES string of the molecule is COc1cc(/C=C(\C#N)C(=O)Nc2cccc(S(=O)(=O)N3CCCCC3)c2)ccc1OCC#N. The summed E-state index contributed by atoms with van der Waals surface area (Å²) in [6, 6.07) is 14.5. The van der Waals surface area contributed by atoms with Crippen LogP contribution in [-0.2, 0) is 14.8 Å². The molecule has 1 N–H and O–H groups in total. The molecule has 1 heterocycles. The lowest BCUT2D eigenvalue weighted by Gasteiger charge is -2.26. The zero-order valence-corrected chi connectivity index (χ0v) is 19.5. The van der Waals surface area contributed by atoms with Crippen molar-refractivity contribution in [3.05, 3.63) is 53.6 Å². The number of anilines is 1. The third-order valence-electron chi connectivity index (χ3n) is 5.20. The first-order valence-corrected chi connectivity index (χ1v) is 12.0. The highest BCUT2D eigenvalue weighted by Crippen LogP contribution is 2.29. The molecule has 0 atom stereocenters. The smallest absolute Gasteiger partial charge is 0.266 e. The second kappa shape index (κ2) is 11.3. The second-order valence-corrected chi connectivity index (χ2v) is 9.41. The molecule has 10 heteroatoms. The number of hydrogen-bond acceptors (Lipinski definition) is 7. The van der Waals surface area contributed by atoms with Crippen LogP contribution in [0.5, 0.6) is 11.5 Å². The molecule has 2 aromatic carbocycles. The number of amides is 1. The summed E-state index contributed by atoms with van der Waals surface area (Å²) >= 11 is 0. The van der Waals surface area contributed by atoms with E-state index in [9.17, 15) is 18.5 Å². The lowest BCUT2D eigenvalue weighted by atomic mass is 10.1. The molecular weight excluding hydrogens is 456 g/mol. The average Bonchev–Trinajstić information content (AvgIpc) is 2.86. The van der Waals surface area contributed by atoms with Gasteiger partial charge in [0, 0.05) is 18.8 Å². The minimum atomic E-state index is -3.66. The van der Waals surface area contributed by atoms with Crippen LogP contribution < -0.4 is 14.8 Å². The Labute approximate surface area is 198 Å². The van der Waals surface area contributed by atoms with Crippen LogP contribution in [0.1, 0.15) is 24.8 Å². The minimum absolute atomic E-state index is 0.0902. The molecule has 0 radical (unpaired) electrons. The topological polar surface area (TPSA) is 133 Å². The predicted molar refractivity (Wildman–Crippen MR) is 125 cm³/mol. The Morgan fingerprint density at radius 2 is 1.88 bits per heavy atom. The van der Waals surface area contributed by atoms with Crippen LogP contribution in [0.4, 0.5) is 5.69 Å². The van der Waals surface area contributed by atoms with Crippen molar-refractivity contribution in [1.82, 2.24) is 4.31 Å². The minimum Gasteiger partial charge on any atom is -0.493 e. The largest absolute Gasteiger partial charge is 0.493 e. The van der Waals surface area contributed by atoms with E-state index in [0.29, 0.717) is 30.2 Å². The summed E-state index contributed by atoms with van der Waals surface area (Å²) in [6.07, 6.45) is 4.03. The van der Waals surface area contributed by atoms with E-state index in [2.05, 4.69) is 5.32 Å². The van der Waals surface area contributed by atoms with Crippen LogP contribution >= 0.6 is 0 Å². The number of ether oxygens (including phenoxy) is 2. The normalized spacial score (nSPS) is 14.5. The maximum absolute atomic E-state index is 12.9. The number of nitrogens with zero attached hydrogens (tertiary/aromatic N) is 3. The zero-order valence-electron chi connectivity index (χ0n) is 18.7. The molecule has 0 spiro atoms. The summed E-state index contributed by atoms with van der Waals surface area (Å²) in [5.41, 5.74) is 0.591. The number of carbonyl (C=O) groups excluding carboxylic acids is 1. The molecule has 0 bridgehead atoms. The number of methoxy groups -OCH3 is 1. The summed E-state index contributed by atoms with van der Waals surface area (Å²) in [4.78, 5) is 12.8. The summed E-state index contributed by atoms with van der Waals surface area (Å²) in [5, 5.41) is 20.8. The van der Waals surface area contributed by atoms with Gasteiger partial charge in [-0.1, -0.05) is 18.6 Å². The number of carbonyl (C=O) groups is 1. The maximum atomic E-state index is 12.9. The van der Waals surface area contributed by atoms with Crippen molar-refractivity contribution in [1.29, 1.82) is 10.5 Å². The third-order valence-corrected chi connectivity index (χ3v) is 7.10. The molecule has 9 nitrogen and oxygen atoms in total. The molecule has 1 saturated heterocycles. The Morgan fingerprint density at radius 1 is 1.12 bits per heavy atom. The van der Waals surface area contributed by atoms with Crippen molar-refractivity contribution >= 4 is 27.7 Å². The second-order valence-electron chi connectivity index (χ2n) is 7.47. The number of benzene rings is 2. The Morgan fingerprint density at radius 3 is 2.56 bits per heavy atom. The van der Waals surface area contributed by atoms with Gasteiger partial charge in [-0.3, -0.25) is 4.79 Å². The Balaban J connectivity index is 1.79. The van der Waals surface area contributed by atoms with Crippen molar-refractivity contribution in [2.45, 2.75) is 24.2 Å². The quantitative estimate of drug-likeness (QED) is 0.453. The van der Waals surface area contributed by atoms with Gasteiger partial charge in [-0.2, -0.15) is 14.8 Å². The third kappa shape index (κ3) is 5.93. The Hall–Kier alpha value is -3.86. The van der Waals surface area contributed by atoms with E-state index < -0.39 is 15.9 Å². The molecule has 2 aromatic rings. The number of nitriles is 2. The predicted octanol–water partition coefficient (Wildman–Crippen LogP) is 3.32. The van der Waals surface area contributed by atoms with E-state index in [1.165, 1.54) is 29.6 Å². The molecule has 1 aliphatic heterocycles. The van der Waals surface area contributed by atoms with E-state index in [0.717, 1.165) is 19.3 Å². The average molecular weight is 481 g/mol. The van der Waals surface area contributed by atoms with Gasteiger partial charge >= 0.3 is 0 Å². The maximum Gasteiger partial charge on any atom is 0.266 e. The van der Waals surface area contributed by atoms with Gasteiger partial charge < -0.3 is 14.8 Å². The van der Waals surface area contributed by atoms with Crippen LogP contribution in [0.25, 0.3) is 6.08 Å². The zero-order chi connectivity index (χ0) is 24.6. The van der Waals surface area contributed by atoms with E-state index >= 15 is 0 Å². The summed E-state index contributed by atoms with van der Waals surface area (Å²) in [7, 11) is -2.22. The first kappa shape index (κ1) is 24.8. The highest BCUT2D eigenvalue weighted by molar-refractivity contribution is 7.89. The van der Waals surface area contributed by atoms with Gasteiger partial charge in [-0.15, -0.1) is 0 Å². The molecule has 1 fully saturated rings. The fraction of sp³-hybridized carbons (Fsp3) is 0.292. The van der Waals surface area contributed by atoms with E-state index in [1.807, 2.05) is 12.1 Å². The molecule has 0 aromatic heterocycles. The monoisotopic (exact) mass is 480 g/mol. The van der Waals surface area contributed by atoms with Gasteiger partial charge in [0.25, 0.3) is 5.91 Å². The van der Waals surface area contributed by atoms with Crippen molar-refractivity contribution < 1.29 is 22.7 Å². The molecule has 0 unspecified atom stereocenters. The molecule has 1 amide bonds. The summed E-state index contributed by atoms with van der Waals surface area (Å²) in [5.74, 6) is 0.0204. The number of rotatable bonds is 8. The number of hydrogen-bond donors (Lipinski definition) is 1. The molecular formula is C24H24N4O5S. The van der Waals surface area contributed by atoms with Gasteiger partial charge in [0.1, 0.15) is 17.7 Å². The molecule has 3 rings (SSSR count). The molecule has 0 saturated carbocycles. The van der Waals surface area contributed by atoms with Crippen LogP contribution in [0.2, 0.25) is 0 Å². The Kier molecular flexibility index (Phi) is 8.25. The van der Waals surface area contributed by atoms with Gasteiger partial charge in [-0.05, 0) is 54.8 Å². The van der Waals surface area contributed by atoms with Gasteiger partial charge in [0.2, 0.25) is 10.0 Å². The van der Waals surface area contributed by atoms with E-state index in [1.54, 1.807) is 30.3 Å². The first-order valence-electron chi connectivity index (χ1n) is 10.6. The molecule has 176 valence electrons. The lowest BCUT2D eigenvalue weighted by molar-refractivity contribution is -0.112. The van der Waals surface area contributed by atoms with Crippen LogP contribution in [-0.4, -0.2) is 45.4 Å². The van der Waals surface area contributed by atoms with E-state index in [4.69, 9.17) is 14.7 Å². The van der Waals surface area contributed by atoms with Crippen molar-refractivity contribution in [3.8, 4) is 23.6 Å². The van der Waals surface area contributed by atoms with Crippen molar-refractivity contribution in [3.63, 3.8) is 0 Å². The lowest BCUT2D eigenvalue weighted by Crippen LogP contribution is -2.35. The highest BCUT2D eigenvalue weighted by Gasteiger charge is 2.26. The number of sulfonamides is 1. The molecule has 34 heavy (non-hydrogen) atoms. The van der Waals surface area contributed by atoms with Crippen molar-refractivity contribution in [2.24, 2.45) is 0 Å². The van der Waals surface area contributed by atoms with Gasteiger partial charge in [0.05, 0.1) is 12.0 Å². The first-order chi connectivity index (χ1) is 16.4. The Bertz CT molecular complexity index is 1270. The molecule has 0 aliphatic carbocycles.